The molecule has 2 heteroatoms. The molecule has 2 nitrogen and oxygen atoms in total. The molecule has 1 saturated heterocycles. The van der Waals surface area contributed by atoms with Crippen molar-refractivity contribution in [2.75, 3.05) is 26.2 Å². The summed E-state index contributed by atoms with van der Waals surface area (Å²) in [6, 6.07) is 10.8. The summed E-state index contributed by atoms with van der Waals surface area (Å²) in [6.07, 6.45) is 3.83. The van der Waals surface area contributed by atoms with Gasteiger partial charge < -0.3 is 10.6 Å². The highest BCUT2D eigenvalue weighted by molar-refractivity contribution is 5.14. The average Bonchev–Trinajstić information content (AvgIpc) is 2.85. The van der Waals surface area contributed by atoms with E-state index >= 15 is 0 Å². The summed E-state index contributed by atoms with van der Waals surface area (Å²) < 4.78 is 0. The lowest BCUT2D eigenvalue weighted by Crippen LogP contribution is -2.24. The van der Waals surface area contributed by atoms with E-state index in [4.69, 9.17) is 0 Å². The maximum Gasteiger partial charge on any atom is -0.00139 e. The number of aryl methyl sites for hydroxylation is 1. The summed E-state index contributed by atoms with van der Waals surface area (Å²) >= 11 is 0. The second-order valence-electron chi connectivity index (χ2n) is 5.80. The first-order valence-corrected chi connectivity index (χ1v) is 7.40. The minimum absolute atomic E-state index is 0.986. The number of nitrogens with one attached hydrogen (secondary N) is 2. The van der Waals surface area contributed by atoms with Gasteiger partial charge in [0.25, 0.3) is 0 Å². The maximum absolute atomic E-state index is 3.63. The molecule has 2 fully saturated rings. The number of rotatable bonds is 7. The third-order valence-corrected chi connectivity index (χ3v) is 4.56. The largest absolute Gasteiger partial charge is 0.316 e. The molecule has 2 unspecified atom stereocenters. The first-order valence-electron chi connectivity index (χ1n) is 7.40. The molecular weight excluding hydrogens is 220 g/mol. The van der Waals surface area contributed by atoms with Gasteiger partial charge in [-0.1, -0.05) is 30.3 Å². The van der Waals surface area contributed by atoms with Crippen molar-refractivity contribution in [1.82, 2.24) is 10.6 Å². The average molecular weight is 244 g/mol. The van der Waals surface area contributed by atoms with Crippen molar-refractivity contribution in [1.29, 1.82) is 0 Å². The summed E-state index contributed by atoms with van der Waals surface area (Å²) in [5, 5.41) is 7.09. The van der Waals surface area contributed by atoms with Crippen LogP contribution in [0, 0.1) is 17.8 Å². The van der Waals surface area contributed by atoms with Crippen LogP contribution >= 0.6 is 0 Å². The molecule has 0 aromatic heterocycles. The molecule has 2 N–H and O–H groups in total. The first kappa shape index (κ1) is 12.2. The minimum atomic E-state index is 0.986. The third kappa shape index (κ3) is 2.93. The monoisotopic (exact) mass is 244 g/mol. The van der Waals surface area contributed by atoms with Crippen LogP contribution in [0.15, 0.2) is 30.3 Å². The molecule has 0 amide bonds. The van der Waals surface area contributed by atoms with Gasteiger partial charge in [0.2, 0.25) is 0 Å². The Hall–Kier alpha value is -0.860. The van der Waals surface area contributed by atoms with Crippen molar-refractivity contribution in [3.05, 3.63) is 35.9 Å². The predicted molar refractivity (Wildman–Crippen MR) is 75.6 cm³/mol. The Balaban J connectivity index is 1.21. The van der Waals surface area contributed by atoms with E-state index in [2.05, 4.69) is 41.0 Å². The molecule has 1 aromatic carbocycles. The van der Waals surface area contributed by atoms with Crippen molar-refractivity contribution >= 4 is 0 Å². The van der Waals surface area contributed by atoms with E-state index in [0.29, 0.717) is 0 Å². The van der Waals surface area contributed by atoms with E-state index in [-0.39, 0.29) is 0 Å². The second kappa shape index (κ2) is 5.85. The molecule has 1 aliphatic carbocycles. The van der Waals surface area contributed by atoms with Gasteiger partial charge in [-0.25, -0.2) is 0 Å². The van der Waals surface area contributed by atoms with Crippen molar-refractivity contribution < 1.29 is 0 Å². The van der Waals surface area contributed by atoms with E-state index < -0.39 is 0 Å². The summed E-state index contributed by atoms with van der Waals surface area (Å²) in [4.78, 5) is 0. The summed E-state index contributed by atoms with van der Waals surface area (Å²) in [5.41, 5.74) is 1.47. The molecule has 0 bridgehead atoms. The van der Waals surface area contributed by atoms with E-state index in [9.17, 15) is 0 Å². The molecule has 1 heterocycles. The van der Waals surface area contributed by atoms with Crippen LogP contribution in [0.3, 0.4) is 0 Å². The Labute approximate surface area is 110 Å². The third-order valence-electron chi connectivity index (χ3n) is 4.56. The first-order chi connectivity index (χ1) is 8.95. The minimum Gasteiger partial charge on any atom is -0.316 e. The number of fused-ring (bicyclic) bond motifs is 1. The summed E-state index contributed by atoms with van der Waals surface area (Å²) in [6.45, 7) is 4.98. The van der Waals surface area contributed by atoms with Crippen molar-refractivity contribution in [3.8, 4) is 0 Å². The van der Waals surface area contributed by atoms with Gasteiger partial charge in [0.15, 0.2) is 0 Å². The smallest absolute Gasteiger partial charge is 0.00139 e. The fourth-order valence-electron chi connectivity index (χ4n) is 3.34. The lowest BCUT2D eigenvalue weighted by molar-refractivity contribution is 0.528. The van der Waals surface area contributed by atoms with Gasteiger partial charge in [-0.3, -0.25) is 0 Å². The zero-order chi connectivity index (χ0) is 12.2. The topological polar surface area (TPSA) is 24.1 Å². The van der Waals surface area contributed by atoms with Gasteiger partial charge in [-0.15, -0.1) is 0 Å². The van der Waals surface area contributed by atoms with Crippen molar-refractivity contribution in [2.24, 2.45) is 17.8 Å². The highest BCUT2D eigenvalue weighted by Crippen LogP contribution is 2.47. The Bertz CT molecular complexity index is 353. The Kier molecular flexibility index (Phi) is 3.96. The maximum atomic E-state index is 3.63. The van der Waals surface area contributed by atoms with Crippen LogP contribution in [-0.4, -0.2) is 26.2 Å². The van der Waals surface area contributed by atoms with Crippen LogP contribution in [-0.2, 0) is 6.42 Å². The van der Waals surface area contributed by atoms with Crippen LogP contribution < -0.4 is 10.6 Å². The standard InChI is InChI=1S/C16H24N2/c1-2-6-13(7-3-1)8-4-5-9-17-10-14-15-11-18-12-16(14)15/h1-3,6-7,14-18H,4-5,8-12H2. The molecular formula is C16H24N2. The molecule has 2 atom stereocenters. The second-order valence-corrected chi connectivity index (χ2v) is 5.80. The quantitative estimate of drug-likeness (QED) is 0.718. The van der Waals surface area contributed by atoms with Crippen LogP contribution in [0.2, 0.25) is 0 Å². The van der Waals surface area contributed by atoms with E-state index in [1.165, 1.54) is 51.0 Å². The highest BCUT2D eigenvalue weighted by Gasteiger charge is 2.51. The van der Waals surface area contributed by atoms with E-state index in [1.807, 2.05) is 0 Å². The van der Waals surface area contributed by atoms with Crippen molar-refractivity contribution in [3.63, 3.8) is 0 Å². The van der Waals surface area contributed by atoms with Gasteiger partial charge >= 0.3 is 0 Å². The number of hydrogen-bond acceptors (Lipinski definition) is 2. The number of hydrogen-bond donors (Lipinski definition) is 2. The lowest BCUT2D eigenvalue weighted by atomic mass is 10.1. The molecule has 18 heavy (non-hydrogen) atoms. The van der Waals surface area contributed by atoms with Crippen LogP contribution in [0.4, 0.5) is 0 Å². The Morgan fingerprint density at radius 1 is 1.06 bits per heavy atom. The molecule has 98 valence electrons. The zero-order valence-electron chi connectivity index (χ0n) is 11.1. The summed E-state index contributed by atoms with van der Waals surface area (Å²) in [5.74, 6) is 2.99. The summed E-state index contributed by atoms with van der Waals surface area (Å²) in [7, 11) is 0. The van der Waals surface area contributed by atoms with Crippen LogP contribution in [0.5, 0.6) is 0 Å². The van der Waals surface area contributed by atoms with Gasteiger partial charge in [0.05, 0.1) is 0 Å². The molecule has 2 aliphatic rings. The van der Waals surface area contributed by atoms with E-state index in [1.54, 1.807) is 0 Å². The Morgan fingerprint density at radius 3 is 2.61 bits per heavy atom. The van der Waals surface area contributed by atoms with Crippen LogP contribution in [0.1, 0.15) is 18.4 Å². The van der Waals surface area contributed by atoms with Gasteiger partial charge in [-0.05, 0) is 68.8 Å². The normalized spacial score (nSPS) is 29.2. The number of unbranched alkanes of at least 4 members (excludes halogenated alkanes) is 1. The number of piperidine rings is 1. The van der Waals surface area contributed by atoms with Gasteiger partial charge in [0, 0.05) is 0 Å². The fraction of sp³-hybridized carbons (Fsp3) is 0.625. The lowest BCUT2D eigenvalue weighted by Gasteiger charge is -2.07. The molecule has 1 aliphatic heterocycles. The predicted octanol–water partition coefficient (Wildman–Crippen LogP) is 2.06. The SMILES string of the molecule is c1ccc(CCCCNCC2C3CNCC23)cc1. The Morgan fingerprint density at radius 2 is 1.83 bits per heavy atom. The van der Waals surface area contributed by atoms with Crippen LogP contribution in [0.25, 0.3) is 0 Å². The number of benzene rings is 1. The molecule has 0 radical (unpaired) electrons. The van der Waals surface area contributed by atoms with Crippen molar-refractivity contribution in [2.45, 2.75) is 19.3 Å². The van der Waals surface area contributed by atoms with Gasteiger partial charge in [-0.2, -0.15) is 0 Å². The molecule has 0 spiro atoms. The van der Waals surface area contributed by atoms with Gasteiger partial charge in [0.1, 0.15) is 0 Å². The highest BCUT2D eigenvalue weighted by atomic mass is 15.0. The zero-order valence-corrected chi connectivity index (χ0v) is 11.1. The molecule has 1 aromatic rings. The molecule has 3 rings (SSSR count). The van der Waals surface area contributed by atoms with E-state index in [0.717, 1.165) is 17.8 Å². The fourth-order valence-corrected chi connectivity index (χ4v) is 3.34. The molecule has 1 saturated carbocycles.